The third-order valence-corrected chi connectivity index (χ3v) is 3.92. The summed E-state index contributed by atoms with van der Waals surface area (Å²) in [6.07, 6.45) is 0.743. The second-order valence-corrected chi connectivity index (χ2v) is 5.62. The van der Waals surface area contributed by atoms with Gasteiger partial charge in [0.2, 0.25) is 11.8 Å². The monoisotopic (exact) mass is 330 g/mol. The highest BCUT2D eigenvalue weighted by molar-refractivity contribution is 6.39. The van der Waals surface area contributed by atoms with E-state index in [1.807, 2.05) is 20.8 Å². The molecule has 0 aliphatic rings. The van der Waals surface area contributed by atoms with E-state index in [0.717, 1.165) is 6.42 Å². The van der Waals surface area contributed by atoms with Crippen LogP contribution in [0.2, 0.25) is 10.0 Å². The van der Waals surface area contributed by atoms with Crippen molar-refractivity contribution in [1.82, 2.24) is 4.90 Å². The van der Waals surface area contributed by atoms with Crippen molar-refractivity contribution in [2.24, 2.45) is 5.92 Å². The number of likely N-dealkylation sites (N-methyl/N-ethyl adjacent to an activating group) is 1. The van der Waals surface area contributed by atoms with Gasteiger partial charge in [0, 0.05) is 12.5 Å². The van der Waals surface area contributed by atoms with Crippen molar-refractivity contribution in [3.05, 3.63) is 28.2 Å². The molecular weight excluding hydrogens is 311 g/mol. The maximum Gasteiger partial charge on any atom is 0.244 e. The quantitative estimate of drug-likeness (QED) is 0.861. The van der Waals surface area contributed by atoms with E-state index in [1.165, 1.54) is 4.90 Å². The number of benzene rings is 1. The van der Waals surface area contributed by atoms with Crippen molar-refractivity contribution in [3.8, 4) is 0 Å². The maximum atomic E-state index is 12.1. The van der Waals surface area contributed by atoms with E-state index >= 15 is 0 Å². The number of hydrogen-bond donors (Lipinski definition) is 1. The van der Waals surface area contributed by atoms with E-state index < -0.39 is 0 Å². The molecule has 6 heteroatoms. The van der Waals surface area contributed by atoms with E-state index in [4.69, 9.17) is 23.2 Å². The Morgan fingerprint density at radius 3 is 2.29 bits per heavy atom. The number of hydrogen-bond acceptors (Lipinski definition) is 2. The Bertz CT molecular complexity index is 500. The fraction of sp³-hybridized carbons (Fsp3) is 0.467. The lowest BCUT2D eigenvalue weighted by Crippen LogP contribution is -2.40. The van der Waals surface area contributed by atoms with Crippen molar-refractivity contribution >= 4 is 40.7 Å². The van der Waals surface area contributed by atoms with Gasteiger partial charge in [-0.25, -0.2) is 0 Å². The van der Waals surface area contributed by atoms with Crippen LogP contribution in [0.4, 0.5) is 5.69 Å². The highest BCUT2D eigenvalue weighted by Gasteiger charge is 2.20. The largest absolute Gasteiger partial charge is 0.333 e. The fourth-order valence-electron chi connectivity index (χ4n) is 1.80. The predicted molar refractivity (Wildman–Crippen MR) is 86.8 cm³/mol. The molecule has 0 saturated carbocycles. The number of anilines is 1. The van der Waals surface area contributed by atoms with Crippen LogP contribution in [-0.4, -0.2) is 29.8 Å². The van der Waals surface area contributed by atoms with Crippen LogP contribution in [0.1, 0.15) is 27.2 Å². The van der Waals surface area contributed by atoms with Gasteiger partial charge in [-0.1, -0.05) is 43.1 Å². The average Bonchev–Trinajstić information content (AvgIpc) is 2.47. The minimum Gasteiger partial charge on any atom is -0.333 e. The van der Waals surface area contributed by atoms with E-state index in [0.29, 0.717) is 22.3 Å². The van der Waals surface area contributed by atoms with Crippen molar-refractivity contribution < 1.29 is 9.59 Å². The Morgan fingerprint density at radius 2 is 1.81 bits per heavy atom. The molecule has 0 bridgehead atoms. The zero-order valence-corrected chi connectivity index (χ0v) is 14.0. The lowest BCUT2D eigenvalue weighted by atomic mass is 10.1. The molecule has 2 amide bonds. The number of amides is 2. The minimum absolute atomic E-state index is 0.0127. The SMILES string of the molecule is CCC(C)C(=O)N(CC)CC(=O)Nc1c(Cl)cccc1Cl. The summed E-state index contributed by atoms with van der Waals surface area (Å²) in [6, 6.07) is 4.99. The summed E-state index contributed by atoms with van der Waals surface area (Å²) in [5.74, 6) is -0.439. The first-order chi connectivity index (χ1) is 9.90. The van der Waals surface area contributed by atoms with Gasteiger partial charge in [0.05, 0.1) is 22.3 Å². The third kappa shape index (κ3) is 4.90. The molecule has 0 aromatic heterocycles. The number of rotatable bonds is 6. The Kier molecular flexibility index (Phi) is 6.99. The summed E-state index contributed by atoms with van der Waals surface area (Å²) < 4.78 is 0. The second-order valence-electron chi connectivity index (χ2n) is 4.81. The van der Waals surface area contributed by atoms with Gasteiger partial charge in [0.1, 0.15) is 0 Å². The van der Waals surface area contributed by atoms with Gasteiger partial charge in [-0.3, -0.25) is 9.59 Å². The van der Waals surface area contributed by atoms with Crippen LogP contribution < -0.4 is 5.32 Å². The van der Waals surface area contributed by atoms with Gasteiger partial charge in [-0.15, -0.1) is 0 Å². The average molecular weight is 331 g/mol. The Balaban J connectivity index is 2.74. The topological polar surface area (TPSA) is 49.4 Å². The molecule has 1 N–H and O–H groups in total. The number of nitrogens with zero attached hydrogens (tertiary/aromatic N) is 1. The molecule has 1 atom stereocenters. The van der Waals surface area contributed by atoms with E-state index in [1.54, 1.807) is 18.2 Å². The van der Waals surface area contributed by atoms with Gasteiger partial charge in [-0.2, -0.15) is 0 Å². The van der Waals surface area contributed by atoms with Gasteiger partial charge >= 0.3 is 0 Å². The molecular formula is C15H20Cl2N2O2. The molecule has 116 valence electrons. The van der Waals surface area contributed by atoms with Crippen LogP contribution in [0.15, 0.2) is 18.2 Å². The zero-order chi connectivity index (χ0) is 16.0. The van der Waals surface area contributed by atoms with E-state index in [-0.39, 0.29) is 24.3 Å². The smallest absolute Gasteiger partial charge is 0.244 e. The summed E-state index contributed by atoms with van der Waals surface area (Å²) in [5.41, 5.74) is 0.373. The van der Waals surface area contributed by atoms with Crippen LogP contribution in [0.3, 0.4) is 0 Å². The summed E-state index contributed by atoms with van der Waals surface area (Å²) >= 11 is 12.0. The van der Waals surface area contributed by atoms with Gasteiger partial charge < -0.3 is 10.2 Å². The first kappa shape index (κ1) is 17.8. The minimum atomic E-state index is -0.316. The molecule has 0 spiro atoms. The molecule has 21 heavy (non-hydrogen) atoms. The molecule has 1 aromatic rings. The van der Waals surface area contributed by atoms with Gasteiger partial charge in [0.15, 0.2) is 0 Å². The standard InChI is InChI=1S/C15H20Cl2N2O2/c1-4-10(3)15(21)19(5-2)9-13(20)18-14-11(16)7-6-8-12(14)17/h6-8,10H,4-5,9H2,1-3H3,(H,18,20). The van der Waals surface area contributed by atoms with Gasteiger partial charge in [-0.05, 0) is 25.5 Å². The molecule has 1 unspecified atom stereocenters. The molecule has 0 aliphatic carbocycles. The molecule has 0 saturated heterocycles. The van der Waals surface area contributed by atoms with E-state index in [2.05, 4.69) is 5.32 Å². The number of nitrogens with one attached hydrogen (secondary N) is 1. The van der Waals surface area contributed by atoms with Crippen LogP contribution in [0.5, 0.6) is 0 Å². The normalized spacial score (nSPS) is 11.9. The molecule has 0 radical (unpaired) electrons. The molecule has 1 aromatic carbocycles. The molecule has 1 rings (SSSR count). The Hall–Kier alpha value is -1.26. The molecule has 0 heterocycles. The molecule has 4 nitrogen and oxygen atoms in total. The predicted octanol–water partition coefficient (Wildman–Crippen LogP) is 3.83. The maximum absolute atomic E-state index is 12.1. The lowest BCUT2D eigenvalue weighted by molar-refractivity contribution is -0.137. The van der Waals surface area contributed by atoms with Crippen LogP contribution >= 0.6 is 23.2 Å². The molecule has 0 fully saturated rings. The fourth-order valence-corrected chi connectivity index (χ4v) is 2.29. The summed E-state index contributed by atoms with van der Waals surface area (Å²) in [7, 11) is 0. The first-order valence-electron chi connectivity index (χ1n) is 6.93. The number of halogens is 2. The zero-order valence-electron chi connectivity index (χ0n) is 12.5. The Morgan fingerprint density at radius 1 is 1.24 bits per heavy atom. The van der Waals surface area contributed by atoms with Crippen LogP contribution in [0.25, 0.3) is 0 Å². The summed E-state index contributed by atoms with van der Waals surface area (Å²) in [4.78, 5) is 25.7. The number of carbonyl (C=O) groups excluding carboxylic acids is 2. The van der Waals surface area contributed by atoms with Crippen molar-refractivity contribution in [1.29, 1.82) is 0 Å². The van der Waals surface area contributed by atoms with E-state index in [9.17, 15) is 9.59 Å². The van der Waals surface area contributed by atoms with Crippen LogP contribution in [-0.2, 0) is 9.59 Å². The van der Waals surface area contributed by atoms with Crippen molar-refractivity contribution in [2.45, 2.75) is 27.2 Å². The highest BCUT2D eigenvalue weighted by Crippen LogP contribution is 2.29. The van der Waals surface area contributed by atoms with Crippen molar-refractivity contribution in [3.63, 3.8) is 0 Å². The van der Waals surface area contributed by atoms with Crippen molar-refractivity contribution in [2.75, 3.05) is 18.4 Å². The number of para-hydroxylation sites is 1. The number of carbonyl (C=O) groups is 2. The first-order valence-corrected chi connectivity index (χ1v) is 7.68. The Labute approximate surface area is 135 Å². The van der Waals surface area contributed by atoms with Crippen LogP contribution in [0, 0.1) is 5.92 Å². The summed E-state index contributed by atoms with van der Waals surface area (Å²) in [5, 5.41) is 3.39. The van der Waals surface area contributed by atoms with Gasteiger partial charge in [0.25, 0.3) is 0 Å². The third-order valence-electron chi connectivity index (χ3n) is 3.29. The summed E-state index contributed by atoms with van der Waals surface area (Å²) in [6.45, 7) is 6.11. The lowest BCUT2D eigenvalue weighted by Gasteiger charge is -2.23. The highest BCUT2D eigenvalue weighted by atomic mass is 35.5. The second kappa shape index (κ2) is 8.25. The molecule has 0 aliphatic heterocycles.